The van der Waals surface area contributed by atoms with E-state index >= 15 is 0 Å². The van der Waals surface area contributed by atoms with E-state index in [-0.39, 0.29) is 11.8 Å². The van der Waals surface area contributed by atoms with E-state index in [9.17, 15) is 4.39 Å². The maximum Gasteiger partial charge on any atom is 0.165 e. The van der Waals surface area contributed by atoms with Crippen LogP contribution in [-0.4, -0.2) is 5.11 Å². The summed E-state index contributed by atoms with van der Waals surface area (Å²) in [6.07, 6.45) is 0. The fraction of sp³-hybridized carbons (Fsp3) is 0.250. The monoisotopic (exact) mass is 155 g/mol. The standard InChI is InChI=1S/C8H10FNO/c1-5(10)6-2-3-8(11)7(9)4-6/h2-5,11H,10H2,1H3/t5-/m1/s1. The van der Waals surface area contributed by atoms with E-state index in [1.807, 2.05) is 0 Å². The van der Waals surface area contributed by atoms with Crippen LogP contribution in [0.4, 0.5) is 4.39 Å². The van der Waals surface area contributed by atoms with Crippen molar-refractivity contribution >= 4 is 0 Å². The molecular weight excluding hydrogens is 145 g/mol. The highest BCUT2D eigenvalue weighted by molar-refractivity contribution is 5.29. The lowest BCUT2D eigenvalue weighted by atomic mass is 10.1. The van der Waals surface area contributed by atoms with Gasteiger partial charge in [0.2, 0.25) is 0 Å². The highest BCUT2D eigenvalue weighted by atomic mass is 19.1. The number of rotatable bonds is 1. The topological polar surface area (TPSA) is 46.2 Å². The van der Waals surface area contributed by atoms with Crippen molar-refractivity contribution in [2.75, 3.05) is 0 Å². The minimum Gasteiger partial charge on any atom is -0.505 e. The zero-order valence-corrected chi connectivity index (χ0v) is 6.21. The summed E-state index contributed by atoms with van der Waals surface area (Å²) in [4.78, 5) is 0. The van der Waals surface area contributed by atoms with Gasteiger partial charge in [-0.05, 0) is 24.6 Å². The van der Waals surface area contributed by atoms with Gasteiger partial charge in [0.1, 0.15) is 0 Å². The van der Waals surface area contributed by atoms with Gasteiger partial charge in [0, 0.05) is 6.04 Å². The molecule has 0 aliphatic carbocycles. The Labute approximate surface area is 64.5 Å². The van der Waals surface area contributed by atoms with E-state index in [0.29, 0.717) is 5.56 Å². The SMILES string of the molecule is C[C@@H](N)c1ccc(O)c(F)c1. The lowest BCUT2D eigenvalue weighted by Crippen LogP contribution is -2.04. The van der Waals surface area contributed by atoms with Gasteiger partial charge in [-0.2, -0.15) is 0 Å². The van der Waals surface area contributed by atoms with Crippen molar-refractivity contribution in [2.45, 2.75) is 13.0 Å². The van der Waals surface area contributed by atoms with Crippen molar-refractivity contribution in [1.29, 1.82) is 0 Å². The Hall–Kier alpha value is -1.09. The van der Waals surface area contributed by atoms with Gasteiger partial charge >= 0.3 is 0 Å². The van der Waals surface area contributed by atoms with Crippen LogP contribution in [0.15, 0.2) is 18.2 Å². The average molecular weight is 155 g/mol. The van der Waals surface area contributed by atoms with Crippen molar-refractivity contribution in [3.63, 3.8) is 0 Å². The molecule has 60 valence electrons. The Morgan fingerprint density at radius 2 is 2.18 bits per heavy atom. The molecule has 3 N–H and O–H groups in total. The number of phenolic OH excluding ortho intramolecular Hbond substituents is 1. The molecule has 3 heteroatoms. The number of phenols is 1. The van der Waals surface area contributed by atoms with E-state index in [0.717, 1.165) is 0 Å². The number of hydrogen-bond donors (Lipinski definition) is 2. The molecule has 0 saturated carbocycles. The van der Waals surface area contributed by atoms with Crippen LogP contribution < -0.4 is 5.73 Å². The summed E-state index contributed by atoms with van der Waals surface area (Å²) in [6.45, 7) is 1.76. The fourth-order valence-corrected chi connectivity index (χ4v) is 0.806. The molecule has 0 aliphatic heterocycles. The molecule has 1 aromatic carbocycles. The van der Waals surface area contributed by atoms with Gasteiger partial charge in [0.05, 0.1) is 0 Å². The Kier molecular flexibility index (Phi) is 2.10. The first-order valence-electron chi connectivity index (χ1n) is 3.35. The second-order valence-electron chi connectivity index (χ2n) is 2.50. The maximum absolute atomic E-state index is 12.6. The van der Waals surface area contributed by atoms with Crippen molar-refractivity contribution < 1.29 is 9.50 Å². The molecule has 0 unspecified atom stereocenters. The van der Waals surface area contributed by atoms with Crippen LogP contribution in [0.25, 0.3) is 0 Å². The molecule has 2 nitrogen and oxygen atoms in total. The minimum atomic E-state index is -0.625. The minimum absolute atomic E-state index is 0.204. The normalized spacial score (nSPS) is 13.0. The molecule has 0 saturated heterocycles. The van der Waals surface area contributed by atoms with Crippen LogP contribution in [0.3, 0.4) is 0 Å². The zero-order chi connectivity index (χ0) is 8.43. The maximum atomic E-state index is 12.6. The molecule has 11 heavy (non-hydrogen) atoms. The number of hydrogen-bond acceptors (Lipinski definition) is 2. The molecule has 0 spiro atoms. The number of nitrogens with two attached hydrogens (primary N) is 1. The van der Waals surface area contributed by atoms with Crippen LogP contribution in [0.1, 0.15) is 18.5 Å². The smallest absolute Gasteiger partial charge is 0.165 e. The van der Waals surface area contributed by atoms with E-state index in [1.165, 1.54) is 12.1 Å². The first-order chi connectivity index (χ1) is 5.11. The summed E-state index contributed by atoms with van der Waals surface area (Å²) in [5.41, 5.74) is 6.17. The fourth-order valence-electron chi connectivity index (χ4n) is 0.806. The second kappa shape index (κ2) is 2.88. The van der Waals surface area contributed by atoms with E-state index in [4.69, 9.17) is 10.8 Å². The molecule has 0 radical (unpaired) electrons. The Morgan fingerprint density at radius 1 is 1.55 bits per heavy atom. The predicted molar refractivity (Wildman–Crippen MR) is 40.7 cm³/mol. The van der Waals surface area contributed by atoms with Crippen molar-refractivity contribution in [3.8, 4) is 5.75 Å². The molecule has 0 aliphatic rings. The van der Waals surface area contributed by atoms with Gasteiger partial charge in [0.25, 0.3) is 0 Å². The van der Waals surface area contributed by atoms with Gasteiger partial charge in [0.15, 0.2) is 11.6 Å². The molecule has 0 aromatic heterocycles. The van der Waals surface area contributed by atoms with E-state index in [1.54, 1.807) is 13.0 Å². The molecule has 1 aromatic rings. The zero-order valence-electron chi connectivity index (χ0n) is 6.21. The summed E-state index contributed by atoms with van der Waals surface area (Å²) in [6, 6.07) is 3.93. The third-order valence-electron chi connectivity index (χ3n) is 1.50. The van der Waals surface area contributed by atoms with Crippen LogP contribution in [0.5, 0.6) is 5.75 Å². The van der Waals surface area contributed by atoms with Gasteiger partial charge in [-0.25, -0.2) is 4.39 Å². The van der Waals surface area contributed by atoms with Gasteiger partial charge in [-0.3, -0.25) is 0 Å². The third-order valence-corrected chi connectivity index (χ3v) is 1.50. The quantitative estimate of drug-likeness (QED) is 0.646. The van der Waals surface area contributed by atoms with E-state index < -0.39 is 5.82 Å². The Balaban J connectivity index is 3.05. The summed E-state index contributed by atoms with van der Waals surface area (Å²) in [5.74, 6) is -0.964. The highest BCUT2D eigenvalue weighted by Crippen LogP contribution is 2.18. The lowest BCUT2D eigenvalue weighted by molar-refractivity contribution is 0.431. The molecule has 0 heterocycles. The van der Waals surface area contributed by atoms with Crippen LogP contribution in [0, 0.1) is 5.82 Å². The number of aromatic hydroxyl groups is 1. The van der Waals surface area contributed by atoms with Gasteiger partial charge in [-0.1, -0.05) is 6.07 Å². The Bertz CT molecular complexity index is 260. The van der Waals surface area contributed by atoms with Crippen LogP contribution in [0.2, 0.25) is 0 Å². The first kappa shape index (κ1) is 8.01. The Morgan fingerprint density at radius 3 is 2.64 bits per heavy atom. The van der Waals surface area contributed by atoms with Crippen molar-refractivity contribution in [1.82, 2.24) is 0 Å². The second-order valence-corrected chi connectivity index (χ2v) is 2.50. The van der Waals surface area contributed by atoms with E-state index in [2.05, 4.69) is 0 Å². The first-order valence-corrected chi connectivity index (χ1v) is 3.35. The molecule has 0 bridgehead atoms. The lowest BCUT2D eigenvalue weighted by Gasteiger charge is -2.04. The third kappa shape index (κ3) is 1.68. The van der Waals surface area contributed by atoms with Crippen molar-refractivity contribution in [3.05, 3.63) is 29.6 Å². The summed E-state index contributed by atoms with van der Waals surface area (Å²) in [7, 11) is 0. The predicted octanol–water partition coefficient (Wildman–Crippen LogP) is 1.55. The number of benzene rings is 1. The van der Waals surface area contributed by atoms with Gasteiger partial charge < -0.3 is 10.8 Å². The largest absolute Gasteiger partial charge is 0.505 e. The molecule has 1 atom stereocenters. The molecule has 0 fully saturated rings. The molecule has 1 rings (SSSR count). The number of halogens is 1. The summed E-state index contributed by atoms with van der Waals surface area (Å²) >= 11 is 0. The van der Waals surface area contributed by atoms with Crippen molar-refractivity contribution in [2.24, 2.45) is 5.73 Å². The summed E-state index contributed by atoms with van der Waals surface area (Å²) in [5, 5.41) is 8.81. The molecule has 0 amide bonds. The summed E-state index contributed by atoms with van der Waals surface area (Å²) < 4.78 is 12.6. The average Bonchev–Trinajstić information content (AvgIpc) is 1.94. The van der Waals surface area contributed by atoms with Gasteiger partial charge in [-0.15, -0.1) is 0 Å². The highest BCUT2D eigenvalue weighted by Gasteiger charge is 2.03. The van der Waals surface area contributed by atoms with Crippen LogP contribution >= 0.6 is 0 Å². The van der Waals surface area contributed by atoms with Crippen LogP contribution in [-0.2, 0) is 0 Å². The molecular formula is C8H10FNO.